The van der Waals surface area contributed by atoms with Gasteiger partial charge in [0.2, 0.25) is 5.95 Å². The van der Waals surface area contributed by atoms with Crippen LogP contribution in [0.15, 0.2) is 35.4 Å². The third-order valence-electron chi connectivity index (χ3n) is 11.4. The summed E-state index contributed by atoms with van der Waals surface area (Å²) in [6, 6.07) is 5.68. The normalized spacial score (nSPS) is 21.3. The van der Waals surface area contributed by atoms with Crippen LogP contribution in [0.1, 0.15) is 68.5 Å². The van der Waals surface area contributed by atoms with E-state index in [0.29, 0.717) is 6.61 Å². The number of non-ortho nitro benzene ring substituents is 1. The lowest BCUT2D eigenvalue weighted by atomic mass is 10.1. The molecule has 2 N–H and O–H groups in total. The van der Waals surface area contributed by atoms with E-state index in [9.17, 15) is 14.9 Å². The predicted molar refractivity (Wildman–Crippen MR) is 205 cm³/mol. The van der Waals surface area contributed by atoms with Crippen molar-refractivity contribution in [3.63, 3.8) is 0 Å². The summed E-state index contributed by atoms with van der Waals surface area (Å²) in [5.41, 5.74) is 6.18. The molecule has 1 aliphatic rings. The summed E-state index contributed by atoms with van der Waals surface area (Å²) in [7, 11) is -7.00. The maximum Gasteiger partial charge on any atom is 0.287 e. The number of nitrogens with two attached hydrogens (primary N) is 1. The number of nitrogens with zero attached hydrogens (tertiary/aromatic N) is 5. The summed E-state index contributed by atoms with van der Waals surface area (Å²) in [6.45, 7) is 33.4. The number of benzene rings is 1. The van der Waals surface area contributed by atoms with Crippen LogP contribution < -0.4 is 11.3 Å². The summed E-state index contributed by atoms with van der Waals surface area (Å²) in [5, 5.41) is 11.2. The van der Waals surface area contributed by atoms with Crippen molar-refractivity contribution in [1.29, 1.82) is 0 Å². The molecule has 1 saturated heterocycles. The van der Waals surface area contributed by atoms with Gasteiger partial charge in [0.15, 0.2) is 42.3 Å². The summed E-state index contributed by atoms with van der Waals surface area (Å²) >= 11 is 0. The first kappa shape index (κ1) is 40.0. The van der Waals surface area contributed by atoms with Crippen LogP contribution in [0.5, 0.6) is 0 Å². The van der Waals surface area contributed by atoms with Gasteiger partial charge in [-0.25, -0.2) is 9.55 Å². The third-order valence-corrected chi connectivity index (χ3v) is 24.8. The number of fused-ring (bicyclic) bond motifs is 1. The van der Waals surface area contributed by atoms with Crippen molar-refractivity contribution >= 4 is 47.8 Å². The highest BCUT2D eigenvalue weighted by Gasteiger charge is 2.55. The van der Waals surface area contributed by atoms with Gasteiger partial charge in [0.1, 0.15) is 18.3 Å². The largest absolute Gasteiger partial charge is 0.414 e. The molecule has 2 aromatic heterocycles. The van der Waals surface area contributed by atoms with Crippen molar-refractivity contribution in [2.24, 2.45) is 0 Å². The maximum atomic E-state index is 13.9. The van der Waals surface area contributed by atoms with E-state index >= 15 is 0 Å². The second-order valence-corrected chi connectivity index (χ2v) is 32.4. The zero-order chi connectivity index (χ0) is 38.0. The number of rotatable bonds is 10. The molecule has 0 spiro atoms. The van der Waals surface area contributed by atoms with E-state index in [1.165, 1.54) is 24.5 Å². The molecular weight excluding hydrogens is 689 g/mol. The smallest absolute Gasteiger partial charge is 0.287 e. The number of hydrogen-bond acceptors (Lipinski definition) is 10. The average molecular weight is 747 g/mol. The molecule has 3 aromatic rings. The third kappa shape index (κ3) is 7.71. The molecular formula is C34H58N6O7Si3. The van der Waals surface area contributed by atoms with Gasteiger partial charge in [-0.3, -0.25) is 19.5 Å². The van der Waals surface area contributed by atoms with Gasteiger partial charge in [0.05, 0.1) is 23.5 Å². The molecule has 1 fully saturated rings. The predicted octanol–water partition coefficient (Wildman–Crippen LogP) is 7.77. The summed E-state index contributed by atoms with van der Waals surface area (Å²) in [6.07, 6.45) is -0.795. The van der Waals surface area contributed by atoms with E-state index in [2.05, 4.69) is 112 Å². The van der Waals surface area contributed by atoms with Crippen LogP contribution in [0.4, 0.5) is 11.6 Å². The van der Waals surface area contributed by atoms with Crippen molar-refractivity contribution in [3.8, 4) is 5.69 Å². The number of imidazole rings is 1. The standard InChI is InChI=1S/C34H58N6O7Si3/c1-32(2,3)48(10,11)44-20-24-26(46-49(12,13)33(4,5)6)27(47-50(14,15)34(7,8)9)30(45-24)38-21-36-25-28(38)37-31(35)39(29(25)41)22-17-16-18-23(19-22)40(42)43/h16-19,21,24,26-27,30H,20H2,1-15H3,(H2,35,37)/t24-,26-,27-,30-/m1/s1. The van der Waals surface area contributed by atoms with Gasteiger partial charge in [-0.2, -0.15) is 4.98 Å². The molecule has 16 heteroatoms. The van der Waals surface area contributed by atoms with Crippen LogP contribution >= 0.6 is 0 Å². The molecule has 4 atom stereocenters. The minimum Gasteiger partial charge on any atom is -0.414 e. The van der Waals surface area contributed by atoms with E-state index in [4.69, 9.17) is 23.7 Å². The highest BCUT2D eigenvalue weighted by Crippen LogP contribution is 2.47. The highest BCUT2D eigenvalue weighted by atomic mass is 28.4. The minimum atomic E-state index is -2.44. The number of nitro benzene ring substituents is 1. The van der Waals surface area contributed by atoms with Crippen LogP contribution in [0, 0.1) is 10.1 Å². The molecule has 4 rings (SSSR count). The minimum absolute atomic E-state index is 0.0150. The Morgan fingerprint density at radius 3 is 1.96 bits per heavy atom. The molecule has 1 aromatic carbocycles. The fraction of sp³-hybridized carbons (Fsp3) is 0.676. The van der Waals surface area contributed by atoms with E-state index in [-0.39, 0.29) is 43.6 Å². The molecule has 13 nitrogen and oxygen atoms in total. The molecule has 0 radical (unpaired) electrons. The molecule has 0 saturated carbocycles. The van der Waals surface area contributed by atoms with E-state index in [0.717, 1.165) is 4.57 Å². The number of aromatic nitrogens is 4. The molecule has 50 heavy (non-hydrogen) atoms. The number of nitro groups is 1. The maximum absolute atomic E-state index is 13.9. The lowest BCUT2D eigenvalue weighted by Crippen LogP contribution is -2.54. The summed E-state index contributed by atoms with van der Waals surface area (Å²) in [4.78, 5) is 34.0. The van der Waals surface area contributed by atoms with Gasteiger partial charge in [0, 0.05) is 12.1 Å². The second kappa shape index (κ2) is 13.3. The van der Waals surface area contributed by atoms with Gasteiger partial charge in [-0.15, -0.1) is 0 Å². The van der Waals surface area contributed by atoms with E-state index in [1.54, 1.807) is 10.6 Å². The van der Waals surface area contributed by atoms with Crippen molar-refractivity contribution < 1.29 is 22.9 Å². The topological polar surface area (TPSA) is 159 Å². The van der Waals surface area contributed by atoms with Crippen molar-refractivity contribution in [2.75, 3.05) is 12.3 Å². The first-order chi connectivity index (χ1) is 22.6. The molecule has 278 valence electrons. The van der Waals surface area contributed by atoms with Gasteiger partial charge in [-0.05, 0) is 60.5 Å². The van der Waals surface area contributed by atoms with Crippen LogP contribution in [0.2, 0.25) is 54.4 Å². The summed E-state index contributed by atoms with van der Waals surface area (Å²) in [5.74, 6) is -0.142. The van der Waals surface area contributed by atoms with Crippen molar-refractivity contribution in [1.82, 2.24) is 19.1 Å². The molecule has 3 heterocycles. The molecule has 0 unspecified atom stereocenters. The Hall–Kier alpha value is -2.74. The van der Waals surface area contributed by atoms with Crippen molar-refractivity contribution in [3.05, 3.63) is 51.1 Å². The van der Waals surface area contributed by atoms with Crippen LogP contribution in [-0.4, -0.2) is 73.9 Å². The molecule has 0 aliphatic carbocycles. The number of hydrogen-bond donors (Lipinski definition) is 1. The number of ether oxygens (including phenoxy) is 1. The zero-order valence-corrected chi connectivity index (χ0v) is 35.6. The molecule has 0 amide bonds. The van der Waals surface area contributed by atoms with Gasteiger partial charge in [0.25, 0.3) is 11.2 Å². The van der Waals surface area contributed by atoms with Crippen LogP contribution in [-0.2, 0) is 18.0 Å². The lowest BCUT2D eigenvalue weighted by Gasteiger charge is -2.44. The first-order valence-electron chi connectivity index (χ1n) is 17.2. The fourth-order valence-corrected chi connectivity index (χ4v) is 8.66. The Bertz CT molecular complexity index is 1790. The number of anilines is 1. The lowest BCUT2D eigenvalue weighted by molar-refractivity contribution is -0.384. The second-order valence-electron chi connectivity index (χ2n) is 18.0. The Labute approximate surface area is 299 Å². The average Bonchev–Trinajstić information content (AvgIpc) is 3.51. The van der Waals surface area contributed by atoms with Crippen LogP contribution in [0.25, 0.3) is 16.9 Å². The van der Waals surface area contributed by atoms with Gasteiger partial charge >= 0.3 is 0 Å². The van der Waals surface area contributed by atoms with E-state index in [1.807, 2.05) is 0 Å². The Morgan fingerprint density at radius 2 is 1.44 bits per heavy atom. The quantitative estimate of drug-likeness (QED) is 0.123. The zero-order valence-electron chi connectivity index (χ0n) is 32.6. The van der Waals surface area contributed by atoms with Gasteiger partial charge < -0.3 is 23.7 Å². The van der Waals surface area contributed by atoms with Crippen LogP contribution in [0.3, 0.4) is 0 Å². The monoisotopic (exact) mass is 746 g/mol. The Kier molecular flexibility index (Phi) is 10.7. The van der Waals surface area contributed by atoms with E-state index < -0.39 is 60.0 Å². The first-order valence-corrected chi connectivity index (χ1v) is 26.0. The Balaban J connectivity index is 1.90. The number of nitrogen functional groups attached to an aromatic ring is 1. The van der Waals surface area contributed by atoms with Crippen molar-refractivity contribution in [2.45, 2.75) is 141 Å². The molecule has 0 bridgehead atoms. The summed E-state index contributed by atoms with van der Waals surface area (Å²) < 4.78 is 31.1. The SMILES string of the molecule is CC(C)(C)[Si](C)(C)OC[C@H]1O[C@@H](n2cnc3c(=O)n(-c4cccc([N+](=O)[O-])c4)c(N)nc32)[C@H](O[Si](C)(C)C(C)(C)C)[C@@H]1O[Si](C)(C)C(C)(C)C. The van der Waals surface area contributed by atoms with Gasteiger partial charge in [-0.1, -0.05) is 68.4 Å². The Morgan fingerprint density at radius 1 is 0.900 bits per heavy atom. The molecule has 1 aliphatic heterocycles. The highest BCUT2D eigenvalue weighted by molar-refractivity contribution is 6.75. The fourth-order valence-electron chi connectivity index (χ4n) is 5.04.